The van der Waals surface area contributed by atoms with E-state index in [0.29, 0.717) is 5.56 Å². The minimum absolute atomic E-state index is 0. The molecule has 0 unspecified atom stereocenters. The van der Waals surface area contributed by atoms with Crippen LogP contribution in [0.5, 0.6) is 5.75 Å². The van der Waals surface area contributed by atoms with Crippen LogP contribution in [0.2, 0.25) is 0 Å². The summed E-state index contributed by atoms with van der Waals surface area (Å²) in [6.07, 6.45) is 0. The molecule has 0 aliphatic carbocycles. The van der Waals surface area contributed by atoms with Gasteiger partial charge in [0.05, 0.1) is 11.1 Å². The van der Waals surface area contributed by atoms with Crippen LogP contribution >= 0.6 is 0 Å². The molecule has 0 aliphatic heterocycles. The molecule has 0 spiro atoms. The number of benzene rings is 2. The van der Waals surface area contributed by atoms with E-state index < -0.39 is 11.9 Å². The van der Waals surface area contributed by atoms with Gasteiger partial charge in [-0.3, -0.25) is 0 Å². The van der Waals surface area contributed by atoms with Crippen LogP contribution in [0, 0.1) is 0 Å². The van der Waals surface area contributed by atoms with Crippen molar-refractivity contribution in [1.29, 1.82) is 0 Å². The molecule has 2 rings (SSSR count). The van der Waals surface area contributed by atoms with E-state index in [1.54, 1.807) is 30.3 Å². The Bertz CT molecular complexity index is 557. The number of carboxylic acids is 2. The number of carboxylic acid groups (broad SMARTS) is 2. The molecule has 0 aromatic heterocycles. The summed E-state index contributed by atoms with van der Waals surface area (Å²) < 4.78 is 0. The largest absolute Gasteiger partial charge is 1.00 e. The fourth-order valence-corrected chi connectivity index (χ4v) is 1.18. The van der Waals surface area contributed by atoms with Crippen molar-refractivity contribution in [3.63, 3.8) is 0 Å². The molecule has 0 atom stereocenters. The molecule has 0 saturated carbocycles. The van der Waals surface area contributed by atoms with Crippen molar-refractivity contribution in [1.82, 2.24) is 0 Å². The van der Waals surface area contributed by atoms with Gasteiger partial charge in [-0.05, 0) is 36.4 Å². The molecule has 0 heterocycles. The third kappa shape index (κ3) is 6.38. The maximum atomic E-state index is 10.2. The molecule has 2 aromatic carbocycles. The standard InChI is InChI=1S/C7H6O3.C7H6O2.Na.H/c8-6-3-1-5(2-4-6)7(9)10;8-7(9)6-4-2-1-3-5-6;;/h1-4,8H,(H,9,10);1-5H,(H,8,9);;/q;;+1;-1. The molecule has 0 radical (unpaired) electrons. The minimum atomic E-state index is -0.986. The van der Waals surface area contributed by atoms with Crippen molar-refractivity contribution in [2.75, 3.05) is 0 Å². The molecule has 0 saturated heterocycles. The summed E-state index contributed by atoms with van der Waals surface area (Å²) >= 11 is 0. The van der Waals surface area contributed by atoms with E-state index in [1.807, 2.05) is 0 Å². The number of rotatable bonds is 2. The van der Waals surface area contributed by atoms with Crippen LogP contribution in [-0.4, -0.2) is 27.3 Å². The van der Waals surface area contributed by atoms with Gasteiger partial charge in [0.15, 0.2) is 0 Å². The number of phenols is 1. The van der Waals surface area contributed by atoms with Gasteiger partial charge in [-0.1, -0.05) is 18.2 Å². The van der Waals surface area contributed by atoms with Gasteiger partial charge in [-0.15, -0.1) is 0 Å². The first-order valence-corrected chi connectivity index (χ1v) is 5.31. The first-order chi connectivity index (χ1) is 9.00. The number of carbonyl (C=O) groups is 2. The zero-order chi connectivity index (χ0) is 14.3. The van der Waals surface area contributed by atoms with Crippen LogP contribution in [-0.2, 0) is 0 Å². The third-order valence-electron chi connectivity index (χ3n) is 2.13. The van der Waals surface area contributed by atoms with Gasteiger partial charge in [-0.25, -0.2) is 9.59 Å². The predicted octanol–water partition coefficient (Wildman–Crippen LogP) is -0.408. The summed E-state index contributed by atoms with van der Waals surface area (Å²) in [6, 6.07) is 13.7. The van der Waals surface area contributed by atoms with Crippen molar-refractivity contribution >= 4 is 11.9 Å². The average molecular weight is 284 g/mol. The van der Waals surface area contributed by atoms with E-state index in [1.165, 1.54) is 24.3 Å². The van der Waals surface area contributed by atoms with E-state index in [2.05, 4.69) is 0 Å². The number of hydrogen-bond donors (Lipinski definition) is 3. The van der Waals surface area contributed by atoms with Crippen LogP contribution < -0.4 is 29.6 Å². The minimum Gasteiger partial charge on any atom is -1.00 e. The van der Waals surface area contributed by atoms with Gasteiger partial charge in [0, 0.05) is 0 Å². The Kier molecular flexibility index (Phi) is 8.31. The molecule has 0 aliphatic rings. The Morgan fingerprint density at radius 2 is 1.15 bits per heavy atom. The Labute approximate surface area is 139 Å². The maximum absolute atomic E-state index is 10.2. The van der Waals surface area contributed by atoms with Gasteiger partial charge in [0.2, 0.25) is 0 Å². The average Bonchev–Trinajstić information content (AvgIpc) is 2.41. The van der Waals surface area contributed by atoms with Crippen molar-refractivity contribution in [3.8, 4) is 5.75 Å². The van der Waals surface area contributed by atoms with Crippen molar-refractivity contribution in [2.45, 2.75) is 0 Å². The first kappa shape index (κ1) is 18.2. The Morgan fingerprint density at radius 1 is 0.750 bits per heavy atom. The molecule has 0 amide bonds. The molecule has 6 heteroatoms. The summed E-state index contributed by atoms with van der Waals surface area (Å²) in [4.78, 5) is 20.4. The normalized spacial score (nSPS) is 8.60. The zero-order valence-corrected chi connectivity index (χ0v) is 12.9. The molecular formula is C14H13NaO5. The predicted molar refractivity (Wildman–Crippen MR) is 69.6 cm³/mol. The molecule has 3 N–H and O–H groups in total. The van der Waals surface area contributed by atoms with Gasteiger partial charge in [0.1, 0.15) is 5.75 Å². The molecule has 20 heavy (non-hydrogen) atoms. The van der Waals surface area contributed by atoms with Crippen LogP contribution in [0.3, 0.4) is 0 Å². The third-order valence-corrected chi connectivity index (χ3v) is 2.13. The monoisotopic (exact) mass is 284 g/mol. The molecular weight excluding hydrogens is 271 g/mol. The Morgan fingerprint density at radius 3 is 1.50 bits per heavy atom. The Hall–Kier alpha value is -1.82. The van der Waals surface area contributed by atoms with Crippen LogP contribution in [0.1, 0.15) is 22.1 Å². The maximum Gasteiger partial charge on any atom is 1.00 e. The molecule has 0 fully saturated rings. The number of hydrogen-bond acceptors (Lipinski definition) is 3. The molecule has 2 aromatic rings. The molecule has 5 nitrogen and oxygen atoms in total. The van der Waals surface area contributed by atoms with Crippen LogP contribution in [0.25, 0.3) is 0 Å². The second kappa shape index (κ2) is 9.14. The number of aromatic carboxylic acids is 2. The molecule has 0 bridgehead atoms. The topological polar surface area (TPSA) is 94.8 Å². The Balaban J connectivity index is 0. The van der Waals surface area contributed by atoms with E-state index in [4.69, 9.17) is 15.3 Å². The van der Waals surface area contributed by atoms with E-state index in [9.17, 15) is 9.59 Å². The van der Waals surface area contributed by atoms with Gasteiger partial charge < -0.3 is 16.7 Å². The summed E-state index contributed by atoms with van der Waals surface area (Å²) in [7, 11) is 0. The molecule has 100 valence electrons. The summed E-state index contributed by atoms with van der Waals surface area (Å²) in [6.45, 7) is 0. The van der Waals surface area contributed by atoms with Gasteiger partial charge in [-0.2, -0.15) is 0 Å². The number of phenolic OH excluding ortho intramolecular Hbond substituents is 1. The smallest absolute Gasteiger partial charge is 1.00 e. The fourth-order valence-electron chi connectivity index (χ4n) is 1.18. The summed E-state index contributed by atoms with van der Waals surface area (Å²) in [5, 5.41) is 25.5. The van der Waals surface area contributed by atoms with Crippen LogP contribution in [0.4, 0.5) is 0 Å². The first-order valence-electron chi connectivity index (χ1n) is 5.31. The van der Waals surface area contributed by atoms with E-state index in [0.717, 1.165) is 0 Å². The zero-order valence-electron chi connectivity index (χ0n) is 11.9. The van der Waals surface area contributed by atoms with Crippen molar-refractivity contribution in [2.24, 2.45) is 0 Å². The number of aromatic hydroxyl groups is 1. The van der Waals surface area contributed by atoms with Gasteiger partial charge >= 0.3 is 41.5 Å². The second-order valence-electron chi connectivity index (χ2n) is 3.52. The second-order valence-corrected chi connectivity index (χ2v) is 3.52. The van der Waals surface area contributed by atoms with Crippen LogP contribution in [0.15, 0.2) is 54.6 Å². The van der Waals surface area contributed by atoms with Crippen molar-refractivity contribution < 1.29 is 55.9 Å². The van der Waals surface area contributed by atoms with Crippen molar-refractivity contribution in [3.05, 3.63) is 65.7 Å². The SMILES string of the molecule is O=C(O)c1ccc(O)cc1.O=C(O)c1ccccc1.[H-].[Na+]. The van der Waals surface area contributed by atoms with E-state index >= 15 is 0 Å². The van der Waals surface area contributed by atoms with Gasteiger partial charge in [0.25, 0.3) is 0 Å². The summed E-state index contributed by atoms with van der Waals surface area (Å²) in [5.41, 5.74) is 0.510. The fraction of sp³-hybridized carbons (Fsp3) is 0. The quantitative estimate of drug-likeness (QED) is 0.652. The summed E-state index contributed by atoms with van der Waals surface area (Å²) in [5.74, 6) is -1.79. The van der Waals surface area contributed by atoms with E-state index in [-0.39, 0.29) is 42.3 Å².